The van der Waals surface area contributed by atoms with E-state index in [-0.39, 0.29) is 0 Å². The van der Waals surface area contributed by atoms with E-state index < -0.39 is 0 Å². The molecule has 0 spiro atoms. The molecule has 0 radical (unpaired) electrons. The van der Waals surface area contributed by atoms with Gasteiger partial charge in [0, 0.05) is 26.2 Å². The predicted molar refractivity (Wildman–Crippen MR) is 46.2 cm³/mol. The smallest absolute Gasteiger partial charge is 0.0424 e. The fraction of sp³-hybridized carbons (Fsp3) is 1.00. The maximum absolute atomic E-state index is 5.55. The van der Waals surface area contributed by atoms with Gasteiger partial charge in [-0.25, -0.2) is 10.4 Å². The average Bonchev–Trinajstić information content (AvgIpc) is 2.01. The molecular formula is C4H18N8. The Balaban J connectivity index is 3.15. The highest BCUT2D eigenvalue weighted by Gasteiger charge is 1.98. The summed E-state index contributed by atoms with van der Waals surface area (Å²) < 4.78 is 0. The molecule has 0 atom stereocenters. The Kier molecular flexibility index (Phi) is 7.14. The number of hydrogen-bond acceptors (Lipinski definition) is 8. The van der Waals surface area contributed by atoms with Crippen LogP contribution in [0.25, 0.3) is 0 Å². The van der Waals surface area contributed by atoms with Gasteiger partial charge in [0.25, 0.3) is 0 Å². The molecule has 0 fully saturated rings. The molecule has 0 heterocycles. The summed E-state index contributed by atoms with van der Waals surface area (Å²) in [6.45, 7) is 2.45. The van der Waals surface area contributed by atoms with E-state index in [0.717, 1.165) is 5.12 Å². The van der Waals surface area contributed by atoms with E-state index >= 15 is 0 Å². The molecule has 12 heavy (non-hydrogen) atoms. The third-order valence-corrected chi connectivity index (χ3v) is 1.27. The number of nitrogens with two attached hydrogens (primary N) is 4. The van der Waals surface area contributed by atoms with E-state index in [2.05, 4.69) is 11.0 Å². The van der Waals surface area contributed by atoms with Crippen LogP contribution >= 0.6 is 0 Å². The zero-order valence-electron chi connectivity index (χ0n) is 7.03. The van der Waals surface area contributed by atoms with Crippen molar-refractivity contribution in [3.05, 3.63) is 0 Å². The van der Waals surface area contributed by atoms with Crippen LogP contribution in [0, 0.1) is 0 Å². The minimum atomic E-state index is 0.520. The van der Waals surface area contributed by atoms with Crippen molar-refractivity contribution in [3.8, 4) is 0 Å². The summed E-state index contributed by atoms with van der Waals surface area (Å²) in [6.07, 6.45) is 0. The Morgan fingerprint density at radius 3 is 2.17 bits per heavy atom. The first kappa shape index (κ1) is 11.7. The molecule has 0 aromatic heterocycles. The average molecular weight is 178 g/mol. The second-order valence-electron chi connectivity index (χ2n) is 2.34. The summed E-state index contributed by atoms with van der Waals surface area (Å²) in [5, 5.41) is 2.69. The Morgan fingerprint density at radius 2 is 1.67 bits per heavy atom. The second kappa shape index (κ2) is 7.34. The van der Waals surface area contributed by atoms with Crippen LogP contribution < -0.4 is 34.3 Å². The molecule has 0 bridgehead atoms. The van der Waals surface area contributed by atoms with Crippen molar-refractivity contribution in [2.45, 2.75) is 0 Å². The fourth-order valence-corrected chi connectivity index (χ4v) is 0.627. The third-order valence-electron chi connectivity index (χ3n) is 1.27. The van der Waals surface area contributed by atoms with Crippen molar-refractivity contribution in [2.24, 2.45) is 23.4 Å². The molecule has 0 saturated heterocycles. The van der Waals surface area contributed by atoms with Crippen LogP contribution in [-0.2, 0) is 0 Å². The first-order chi connectivity index (χ1) is 5.66. The fourth-order valence-electron chi connectivity index (χ4n) is 0.627. The number of nitrogens with one attached hydrogen (secondary N) is 2. The van der Waals surface area contributed by atoms with Crippen LogP contribution in [0.4, 0.5) is 0 Å². The Labute approximate surface area is 71.7 Å². The molecular weight excluding hydrogens is 160 g/mol. The van der Waals surface area contributed by atoms with Gasteiger partial charge in [-0.2, -0.15) is 10.7 Å². The van der Waals surface area contributed by atoms with Gasteiger partial charge in [-0.3, -0.25) is 23.4 Å². The molecule has 0 aliphatic rings. The zero-order chi connectivity index (χ0) is 9.40. The predicted octanol–water partition coefficient (Wildman–Crippen LogP) is -3.82. The van der Waals surface area contributed by atoms with Gasteiger partial charge in [-0.1, -0.05) is 0 Å². The van der Waals surface area contributed by atoms with E-state index in [1.807, 2.05) is 0 Å². The molecule has 0 rings (SSSR count). The number of nitrogens with zero attached hydrogens (tertiary/aromatic N) is 2. The van der Waals surface area contributed by atoms with E-state index in [9.17, 15) is 0 Å². The van der Waals surface area contributed by atoms with Gasteiger partial charge in [-0.15, -0.1) is 0 Å². The SMILES string of the molecule is NNNCCN(N)CCN(N)N. The van der Waals surface area contributed by atoms with Crippen LogP contribution in [0.3, 0.4) is 0 Å². The Hall–Kier alpha value is -0.320. The highest BCUT2D eigenvalue weighted by molar-refractivity contribution is 4.51. The standard InChI is InChI=1S/C4H18N8/c5-10-9-1-2-11(6)3-4-12(7)8/h9-10H,1-8H2. The van der Waals surface area contributed by atoms with E-state index in [0.29, 0.717) is 26.2 Å². The van der Waals surface area contributed by atoms with Crippen molar-refractivity contribution in [1.82, 2.24) is 21.1 Å². The largest absolute Gasteiger partial charge is 0.269 e. The van der Waals surface area contributed by atoms with Gasteiger partial charge in [0.05, 0.1) is 0 Å². The van der Waals surface area contributed by atoms with Crippen molar-refractivity contribution < 1.29 is 0 Å². The normalized spacial score (nSPS) is 11.5. The Morgan fingerprint density at radius 1 is 1.00 bits per heavy atom. The summed E-state index contributed by atoms with van der Waals surface area (Å²) in [5.41, 5.74) is 4.99. The highest BCUT2D eigenvalue weighted by Crippen LogP contribution is 1.75. The molecule has 0 saturated carbocycles. The van der Waals surface area contributed by atoms with Crippen LogP contribution in [0.1, 0.15) is 0 Å². The third kappa shape index (κ3) is 7.78. The van der Waals surface area contributed by atoms with Crippen molar-refractivity contribution in [2.75, 3.05) is 26.2 Å². The molecule has 10 N–H and O–H groups in total. The lowest BCUT2D eigenvalue weighted by atomic mass is 10.5. The highest BCUT2D eigenvalue weighted by atomic mass is 15.6. The van der Waals surface area contributed by atoms with E-state index in [1.54, 1.807) is 5.01 Å². The van der Waals surface area contributed by atoms with Gasteiger partial charge in [-0.05, 0) is 0 Å². The molecule has 74 valence electrons. The van der Waals surface area contributed by atoms with Crippen LogP contribution in [0.15, 0.2) is 0 Å². The number of rotatable bonds is 7. The van der Waals surface area contributed by atoms with Gasteiger partial charge in [0.15, 0.2) is 0 Å². The lowest BCUT2D eigenvalue weighted by Crippen LogP contribution is -2.48. The second-order valence-corrected chi connectivity index (χ2v) is 2.34. The number of hydrazine groups is 5. The summed E-state index contributed by atoms with van der Waals surface area (Å²) >= 11 is 0. The summed E-state index contributed by atoms with van der Waals surface area (Å²) in [5.74, 6) is 20.9. The molecule has 0 aliphatic heterocycles. The minimum Gasteiger partial charge on any atom is -0.269 e. The zero-order valence-corrected chi connectivity index (χ0v) is 7.03. The van der Waals surface area contributed by atoms with Crippen molar-refractivity contribution >= 4 is 0 Å². The summed E-state index contributed by atoms with van der Waals surface area (Å²) in [6, 6.07) is 0. The monoisotopic (exact) mass is 178 g/mol. The van der Waals surface area contributed by atoms with Gasteiger partial charge in [0.2, 0.25) is 0 Å². The summed E-state index contributed by atoms with van der Waals surface area (Å²) in [7, 11) is 0. The molecule has 0 aromatic rings. The van der Waals surface area contributed by atoms with E-state index in [1.165, 1.54) is 0 Å². The van der Waals surface area contributed by atoms with Crippen molar-refractivity contribution in [3.63, 3.8) is 0 Å². The van der Waals surface area contributed by atoms with Crippen molar-refractivity contribution in [1.29, 1.82) is 0 Å². The maximum Gasteiger partial charge on any atom is 0.0424 e. The molecule has 0 aliphatic carbocycles. The molecule has 0 aromatic carbocycles. The van der Waals surface area contributed by atoms with Crippen LogP contribution in [0.5, 0.6) is 0 Å². The summed E-state index contributed by atoms with van der Waals surface area (Å²) in [4.78, 5) is 0. The molecule has 0 amide bonds. The Bertz CT molecular complexity index is 95.1. The maximum atomic E-state index is 5.55. The van der Waals surface area contributed by atoms with Gasteiger partial charge in [0.1, 0.15) is 0 Å². The van der Waals surface area contributed by atoms with Gasteiger partial charge >= 0.3 is 0 Å². The lowest BCUT2D eigenvalue weighted by Gasteiger charge is -2.18. The van der Waals surface area contributed by atoms with Crippen LogP contribution in [-0.4, -0.2) is 36.3 Å². The minimum absolute atomic E-state index is 0.520. The molecule has 0 unspecified atom stereocenters. The molecule has 8 heteroatoms. The first-order valence-electron chi connectivity index (χ1n) is 3.62. The quantitative estimate of drug-likeness (QED) is 0.133. The van der Waals surface area contributed by atoms with Crippen LogP contribution in [0.2, 0.25) is 0 Å². The number of hydrogen-bond donors (Lipinski definition) is 6. The molecule has 8 nitrogen and oxygen atoms in total. The lowest BCUT2D eigenvalue weighted by molar-refractivity contribution is 0.209. The van der Waals surface area contributed by atoms with E-state index in [4.69, 9.17) is 23.4 Å². The topological polar surface area (TPSA) is 135 Å². The first-order valence-corrected chi connectivity index (χ1v) is 3.62. The van der Waals surface area contributed by atoms with Gasteiger partial charge < -0.3 is 0 Å².